The molecule has 0 atom stereocenters. The summed E-state index contributed by atoms with van der Waals surface area (Å²) >= 11 is 0. The van der Waals surface area contributed by atoms with Crippen LogP contribution < -0.4 is 5.32 Å². The zero-order valence-electron chi connectivity index (χ0n) is 14.0. The van der Waals surface area contributed by atoms with Crippen molar-refractivity contribution in [3.8, 4) is 0 Å². The maximum atomic E-state index is 12.0. The smallest absolute Gasteiger partial charge is 0.225 e. The van der Waals surface area contributed by atoms with Crippen LogP contribution in [0.25, 0.3) is 0 Å². The quantitative estimate of drug-likeness (QED) is 0.726. The second-order valence-corrected chi connectivity index (χ2v) is 6.65. The van der Waals surface area contributed by atoms with E-state index in [4.69, 9.17) is 0 Å². The lowest BCUT2D eigenvalue weighted by molar-refractivity contribution is -0.136. The molecular weight excluding hydrogens is 250 g/mol. The molecule has 0 spiro atoms. The summed E-state index contributed by atoms with van der Waals surface area (Å²) in [6.07, 6.45) is 3.43. The number of carbonyl (C=O) groups excluding carboxylic acids is 1. The van der Waals surface area contributed by atoms with Crippen molar-refractivity contribution in [1.29, 1.82) is 0 Å². The maximum Gasteiger partial charge on any atom is 0.225 e. The van der Waals surface area contributed by atoms with E-state index in [0.717, 1.165) is 39.0 Å². The summed E-state index contributed by atoms with van der Waals surface area (Å²) in [6.45, 7) is 12.4. The highest BCUT2D eigenvalue weighted by atomic mass is 16.2. The molecular formula is C16H33N3O. The first-order chi connectivity index (χ1) is 9.41. The molecule has 0 aliphatic carbocycles. The van der Waals surface area contributed by atoms with Gasteiger partial charge < -0.3 is 15.1 Å². The number of likely N-dealkylation sites (tertiary alicyclic amines) is 1. The third-order valence-corrected chi connectivity index (χ3v) is 4.13. The van der Waals surface area contributed by atoms with Crippen LogP contribution in [0, 0.1) is 5.92 Å². The summed E-state index contributed by atoms with van der Waals surface area (Å²) in [5.74, 6) is 0.443. The Morgan fingerprint density at radius 3 is 2.35 bits per heavy atom. The number of nitrogens with one attached hydrogen (secondary N) is 1. The number of amides is 1. The highest BCUT2D eigenvalue weighted by Crippen LogP contribution is 2.17. The predicted octanol–water partition coefficient (Wildman–Crippen LogP) is 1.95. The number of rotatable bonds is 7. The van der Waals surface area contributed by atoms with E-state index in [9.17, 15) is 4.79 Å². The molecule has 1 aliphatic rings. The van der Waals surface area contributed by atoms with Gasteiger partial charge in [-0.1, -0.05) is 27.7 Å². The van der Waals surface area contributed by atoms with Gasteiger partial charge in [-0.25, -0.2) is 0 Å². The zero-order valence-corrected chi connectivity index (χ0v) is 14.0. The molecule has 1 saturated heterocycles. The fraction of sp³-hybridized carbons (Fsp3) is 0.938. The summed E-state index contributed by atoms with van der Waals surface area (Å²) in [5.41, 5.74) is 0. The van der Waals surface area contributed by atoms with Crippen LogP contribution in [-0.2, 0) is 4.79 Å². The van der Waals surface area contributed by atoms with Gasteiger partial charge in [0.05, 0.1) is 0 Å². The number of nitrogens with zero attached hydrogens (tertiary/aromatic N) is 2. The Kier molecular flexibility index (Phi) is 7.52. The minimum absolute atomic E-state index is 0.131. The molecule has 0 aromatic carbocycles. The van der Waals surface area contributed by atoms with E-state index in [1.807, 2.05) is 18.7 Å². The molecule has 4 heteroatoms. The van der Waals surface area contributed by atoms with Crippen LogP contribution >= 0.6 is 0 Å². The minimum Gasteiger partial charge on any atom is -0.342 e. The van der Waals surface area contributed by atoms with Crippen molar-refractivity contribution in [2.75, 3.05) is 33.2 Å². The molecule has 1 rings (SSSR count). The summed E-state index contributed by atoms with van der Waals surface area (Å²) in [5, 5.41) is 3.46. The topological polar surface area (TPSA) is 35.6 Å². The largest absolute Gasteiger partial charge is 0.342 e. The van der Waals surface area contributed by atoms with Crippen molar-refractivity contribution < 1.29 is 4.79 Å². The fourth-order valence-corrected chi connectivity index (χ4v) is 2.79. The van der Waals surface area contributed by atoms with Crippen molar-refractivity contribution in [2.24, 2.45) is 5.92 Å². The third kappa shape index (κ3) is 5.80. The standard InChI is InChI=1S/C16H33N3O/c1-13(2)16(20)19-11-7-15(8-12-19)18(5)10-6-9-17-14(3)4/h13-15,17H,6-12H2,1-5H3. The maximum absolute atomic E-state index is 12.0. The average Bonchev–Trinajstić information content (AvgIpc) is 2.42. The third-order valence-electron chi connectivity index (χ3n) is 4.13. The molecule has 1 heterocycles. The summed E-state index contributed by atoms with van der Waals surface area (Å²) < 4.78 is 0. The van der Waals surface area contributed by atoms with Gasteiger partial charge in [0.2, 0.25) is 5.91 Å². The Morgan fingerprint density at radius 1 is 1.25 bits per heavy atom. The molecule has 1 aliphatic heterocycles. The van der Waals surface area contributed by atoms with Gasteiger partial charge in [0.1, 0.15) is 0 Å². The second kappa shape index (κ2) is 8.63. The van der Waals surface area contributed by atoms with Crippen LogP contribution in [0.3, 0.4) is 0 Å². The summed E-state index contributed by atoms with van der Waals surface area (Å²) in [6, 6.07) is 1.22. The van der Waals surface area contributed by atoms with E-state index in [1.165, 1.54) is 6.42 Å². The number of carbonyl (C=O) groups is 1. The first kappa shape index (κ1) is 17.4. The molecule has 0 aromatic heterocycles. The SMILES string of the molecule is CC(C)NCCCN(C)C1CCN(C(=O)C(C)C)CC1. The Labute approximate surface area is 124 Å². The van der Waals surface area contributed by atoms with Gasteiger partial charge in [0.15, 0.2) is 0 Å². The minimum atomic E-state index is 0.131. The lowest BCUT2D eigenvalue weighted by atomic mass is 10.0. The first-order valence-electron chi connectivity index (χ1n) is 8.14. The molecule has 0 radical (unpaired) electrons. The van der Waals surface area contributed by atoms with Crippen LogP contribution in [0.5, 0.6) is 0 Å². The lowest BCUT2D eigenvalue weighted by Gasteiger charge is -2.37. The van der Waals surface area contributed by atoms with E-state index in [1.54, 1.807) is 0 Å². The highest BCUT2D eigenvalue weighted by molar-refractivity contribution is 5.78. The van der Waals surface area contributed by atoms with Gasteiger partial charge in [-0.2, -0.15) is 0 Å². The number of hydrogen-bond acceptors (Lipinski definition) is 3. The first-order valence-corrected chi connectivity index (χ1v) is 8.14. The normalized spacial score (nSPS) is 17.5. The van der Waals surface area contributed by atoms with E-state index >= 15 is 0 Å². The van der Waals surface area contributed by atoms with E-state index in [2.05, 4.69) is 31.1 Å². The van der Waals surface area contributed by atoms with Gasteiger partial charge in [-0.3, -0.25) is 4.79 Å². The summed E-state index contributed by atoms with van der Waals surface area (Å²) in [4.78, 5) is 16.5. The van der Waals surface area contributed by atoms with Crippen molar-refractivity contribution >= 4 is 5.91 Å². The average molecular weight is 283 g/mol. The molecule has 1 amide bonds. The van der Waals surface area contributed by atoms with Crippen molar-refractivity contribution in [1.82, 2.24) is 15.1 Å². The Hall–Kier alpha value is -0.610. The van der Waals surface area contributed by atoms with Gasteiger partial charge in [-0.15, -0.1) is 0 Å². The molecule has 0 aromatic rings. The molecule has 0 bridgehead atoms. The molecule has 0 saturated carbocycles. The Bertz CT molecular complexity index is 283. The molecule has 0 unspecified atom stereocenters. The van der Waals surface area contributed by atoms with Crippen molar-refractivity contribution in [3.05, 3.63) is 0 Å². The summed E-state index contributed by atoms with van der Waals surface area (Å²) in [7, 11) is 2.22. The van der Waals surface area contributed by atoms with Crippen molar-refractivity contribution in [3.63, 3.8) is 0 Å². The zero-order chi connectivity index (χ0) is 15.1. The predicted molar refractivity (Wildman–Crippen MR) is 84.8 cm³/mol. The van der Waals surface area contributed by atoms with Crippen LogP contribution in [0.1, 0.15) is 47.0 Å². The number of hydrogen-bond donors (Lipinski definition) is 1. The van der Waals surface area contributed by atoms with Crippen LogP contribution in [-0.4, -0.2) is 61.0 Å². The van der Waals surface area contributed by atoms with Crippen LogP contribution in [0.2, 0.25) is 0 Å². The Balaban J connectivity index is 2.22. The highest BCUT2D eigenvalue weighted by Gasteiger charge is 2.25. The monoisotopic (exact) mass is 283 g/mol. The Morgan fingerprint density at radius 2 is 1.85 bits per heavy atom. The fourth-order valence-electron chi connectivity index (χ4n) is 2.79. The lowest BCUT2D eigenvalue weighted by Crippen LogP contribution is -2.47. The number of piperidine rings is 1. The van der Waals surface area contributed by atoms with Gasteiger partial charge in [0.25, 0.3) is 0 Å². The van der Waals surface area contributed by atoms with Gasteiger partial charge in [0, 0.05) is 31.1 Å². The van der Waals surface area contributed by atoms with E-state index < -0.39 is 0 Å². The van der Waals surface area contributed by atoms with Gasteiger partial charge in [-0.05, 0) is 39.4 Å². The molecule has 1 fully saturated rings. The molecule has 20 heavy (non-hydrogen) atoms. The van der Waals surface area contributed by atoms with Crippen LogP contribution in [0.4, 0.5) is 0 Å². The second-order valence-electron chi connectivity index (χ2n) is 6.65. The van der Waals surface area contributed by atoms with E-state index in [-0.39, 0.29) is 5.92 Å². The molecule has 1 N–H and O–H groups in total. The molecule has 118 valence electrons. The van der Waals surface area contributed by atoms with Gasteiger partial charge >= 0.3 is 0 Å². The molecule has 4 nitrogen and oxygen atoms in total. The van der Waals surface area contributed by atoms with E-state index in [0.29, 0.717) is 18.0 Å². The van der Waals surface area contributed by atoms with Crippen LogP contribution in [0.15, 0.2) is 0 Å². The van der Waals surface area contributed by atoms with Crippen molar-refractivity contribution in [2.45, 2.75) is 59.0 Å².